The molecule has 0 aliphatic rings. The minimum atomic E-state index is -0.748. The standard InChI is InChI=1S/C13H14FNO2S/c1-2-17-13(16)10(15)6-8-7-18-11-5-3-4-9(14)12(8)11/h3-5,7,10H,2,6,15H2,1H3/t10-/m0/s1. The molecule has 0 amide bonds. The first kappa shape index (κ1) is 13.0. The number of carbonyl (C=O) groups is 1. The van der Waals surface area contributed by atoms with Crippen LogP contribution in [-0.2, 0) is 16.0 Å². The van der Waals surface area contributed by atoms with Crippen LogP contribution in [0.25, 0.3) is 10.1 Å². The average molecular weight is 267 g/mol. The highest BCUT2D eigenvalue weighted by Crippen LogP contribution is 2.29. The molecule has 0 saturated carbocycles. The van der Waals surface area contributed by atoms with Crippen molar-refractivity contribution in [2.75, 3.05) is 6.61 Å². The normalized spacial score (nSPS) is 12.6. The fraction of sp³-hybridized carbons (Fsp3) is 0.308. The number of nitrogens with two attached hydrogens (primary N) is 1. The van der Waals surface area contributed by atoms with E-state index in [-0.39, 0.29) is 5.82 Å². The number of rotatable bonds is 4. The van der Waals surface area contributed by atoms with E-state index in [2.05, 4.69) is 0 Å². The van der Waals surface area contributed by atoms with Crippen LogP contribution in [-0.4, -0.2) is 18.6 Å². The van der Waals surface area contributed by atoms with Crippen LogP contribution in [0.3, 0.4) is 0 Å². The smallest absolute Gasteiger partial charge is 0.323 e. The molecule has 0 saturated heterocycles. The lowest BCUT2D eigenvalue weighted by Gasteiger charge is -2.09. The second-order valence-corrected chi connectivity index (χ2v) is 4.85. The van der Waals surface area contributed by atoms with Crippen LogP contribution in [0.1, 0.15) is 12.5 Å². The largest absolute Gasteiger partial charge is 0.465 e. The minimum absolute atomic E-state index is 0.278. The maximum atomic E-state index is 13.7. The maximum Gasteiger partial charge on any atom is 0.323 e. The van der Waals surface area contributed by atoms with Crippen LogP contribution < -0.4 is 5.73 Å². The Morgan fingerprint density at radius 2 is 2.33 bits per heavy atom. The number of thiophene rings is 1. The van der Waals surface area contributed by atoms with E-state index in [0.717, 1.165) is 10.3 Å². The van der Waals surface area contributed by atoms with Gasteiger partial charge in [0.05, 0.1) is 6.61 Å². The van der Waals surface area contributed by atoms with Crippen molar-refractivity contribution >= 4 is 27.4 Å². The van der Waals surface area contributed by atoms with Crippen LogP contribution in [0.5, 0.6) is 0 Å². The lowest BCUT2D eigenvalue weighted by atomic mass is 10.1. The van der Waals surface area contributed by atoms with E-state index in [9.17, 15) is 9.18 Å². The predicted octanol–water partition coefficient (Wildman–Crippen LogP) is 2.47. The van der Waals surface area contributed by atoms with Gasteiger partial charge in [-0.3, -0.25) is 4.79 Å². The van der Waals surface area contributed by atoms with Crippen LogP contribution in [0.15, 0.2) is 23.6 Å². The van der Waals surface area contributed by atoms with E-state index in [1.54, 1.807) is 13.0 Å². The molecule has 2 rings (SSSR count). The molecule has 1 atom stereocenters. The molecule has 5 heteroatoms. The predicted molar refractivity (Wildman–Crippen MR) is 70.1 cm³/mol. The van der Waals surface area contributed by atoms with E-state index in [0.29, 0.717) is 18.4 Å². The van der Waals surface area contributed by atoms with Crippen LogP contribution in [0.2, 0.25) is 0 Å². The van der Waals surface area contributed by atoms with Gasteiger partial charge in [0, 0.05) is 10.1 Å². The quantitative estimate of drug-likeness (QED) is 0.866. The summed E-state index contributed by atoms with van der Waals surface area (Å²) in [7, 11) is 0. The van der Waals surface area contributed by atoms with Gasteiger partial charge in [-0.15, -0.1) is 11.3 Å². The van der Waals surface area contributed by atoms with Crippen molar-refractivity contribution in [3.05, 3.63) is 35.0 Å². The summed E-state index contributed by atoms with van der Waals surface area (Å²) in [4.78, 5) is 11.5. The highest BCUT2D eigenvalue weighted by atomic mass is 32.1. The molecular weight excluding hydrogens is 253 g/mol. The van der Waals surface area contributed by atoms with Gasteiger partial charge in [-0.2, -0.15) is 0 Å². The number of fused-ring (bicyclic) bond motifs is 1. The molecule has 0 radical (unpaired) electrons. The Balaban J connectivity index is 2.24. The number of halogens is 1. The van der Waals surface area contributed by atoms with Crippen molar-refractivity contribution in [3.63, 3.8) is 0 Å². The lowest BCUT2D eigenvalue weighted by molar-refractivity contribution is -0.144. The van der Waals surface area contributed by atoms with E-state index >= 15 is 0 Å². The first-order chi connectivity index (χ1) is 8.63. The zero-order valence-electron chi connectivity index (χ0n) is 9.98. The molecule has 2 aromatic rings. The third-order valence-electron chi connectivity index (χ3n) is 2.65. The summed E-state index contributed by atoms with van der Waals surface area (Å²) in [5.74, 6) is -0.729. The molecule has 0 bridgehead atoms. The van der Waals surface area contributed by atoms with Crippen molar-refractivity contribution in [1.29, 1.82) is 0 Å². The maximum absolute atomic E-state index is 13.7. The third kappa shape index (κ3) is 2.52. The molecule has 0 unspecified atom stereocenters. The zero-order chi connectivity index (χ0) is 13.1. The van der Waals surface area contributed by atoms with Gasteiger partial charge in [-0.1, -0.05) is 6.07 Å². The highest BCUT2D eigenvalue weighted by Gasteiger charge is 2.18. The zero-order valence-corrected chi connectivity index (χ0v) is 10.8. The Kier molecular flexibility index (Phi) is 3.93. The molecular formula is C13H14FNO2S. The Morgan fingerprint density at radius 1 is 1.56 bits per heavy atom. The molecule has 96 valence electrons. The first-order valence-electron chi connectivity index (χ1n) is 5.70. The van der Waals surface area contributed by atoms with Gasteiger partial charge in [-0.25, -0.2) is 4.39 Å². The van der Waals surface area contributed by atoms with Crippen LogP contribution in [0.4, 0.5) is 4.39 Å². The van der Waals surface area contributed by atoms with Gasteiger partial charge in [0.2, 0.25) is 0 Å². The molecule has 0 fully saturated rings. The molecule has 3 nitrogen and oxygen atoms in total. The Labute approximate surface area is 108 Å². The fourth-order valence-corrected chi connectivity index (χ4v) is 2.81. The molecule has 0 aliphatic heterocycles. The fourth-order valence-electron chi connectivity index (χ4n) is 1.83. The second kappa shape index (κ2) is 5.46. The number of benzene rings is 1. The Morgan fingerprint density at radius 3 is 3.06 bits per heavy atom. The van der Waals surface area contributed by atoms with Gasteiger partial charge in [0.1, 0.15) is 11.9 Å². The third-order valence-corrected chi connectivity index (χ3v) is 3.65. The molecule has 1 aromatic carbocycles. The van der Waals surface area contributed by atoms with E-state index in [4.69, 9.17) is 10.5 Å². The van der Waals surface area contributed by atoms with Gasteiger partial charge in [0.15, 0.2) is 0 Å². The minimum Gasteiger partial charge on any atom is -0.465 e. The Hall–Kier alpha value is -1.46. The lowest BCUT2D eigenvalue weighted by Crippen LogP contribution is -2.34. The second-order valence-electron chi connectivity index (χ2n) is 3.94. The molecule has 1 heterocycles. The first-order valence-corrected chi connectivity index (χ1v) is 6.58. The van der Waals surface area contributed by atoms with Crippen molar-refractivity contribution in [1.82, 2.24) is 0 Å². The van der Waals surface area contributed by atoms with Crippen LogP contribution >= 0.6 is 11.3 Å². The number of hydrogen-bond acceptors (Lipinski definition) is 4. The van der Waals surface area contributed by atoms with Crippen molar-refractivity contribution in [2.24, 2.45) is 5.73 Å². The summed E-state index contributed by atoms with van der Waals surface area (Å²) in [6.07, 6.45) is 0.291. The molecule has 2 N–H and O–H groups in total. The molecule has 1 aromatic heterocycles. The van der Waals surface area contributed by atoms with Crippen molar-refractivity contribution in [3.8, 4) is 0 Å². The van der Waals surface area contributed by atoms with E-state index < -0.39 is 12.0 Å². The van der Waals surface area contributed by atoms with Gasteiger partial charge in [-0.05, 0) is 36.4 Å². The summed E-state index contributed by atoms with van der Waals surface area (Å²) in [5, 5.41) is 2.40. The molecule has 0 aliphatic carbocycles. The molecule has 18 heavy (non-hydrogen) atoms. The SMILES string of the molecule is CCOC(=O)[C@@H](N)Cc1csc2cccc(F)c12. The monoisotopic (exact) mass is 267 g/mol. The van der Waals surface area contributed by atoms with Crippen molar-refractivity contribution < 1.29 is 13.9 Å². The number of esters is 1. The van der Waals surface area contributed by atoms with Gasteiger partial charge in [0.25, 0.3) is 0 Å². The number of hydrogen-bond donors (Lipinski definition) is 1. The summed E-state index contributed by atoms with van der Waals surface area (Å²) in [5.41, 5.74) is 6.50. The average Bonchev–Trinajstić information content (AvgIpc) is 2.74. The topological polar surface area (TPSA) is 52.3 Å². The van der Waals surface area contributed by atoms with Gasteiger partial charge >= 0.3 is 5.97 Å². The Bertz CT molecular complexity index is 567. The van der Waals surface area contributed by atoms with E-state index in [1.165, 1.54) is 17.4 Å². The van der Waals surface area contributed by atoms with Crippen molar-refractivity contribution in [2.45, 2.75) is 19.4 Å². The molecule has 0 spiro atoms. The number of carbonyl (C=O) groups excluding carboxylic acids is 1. The summed E-state index contributed by atoms with van der Waals surface area (Å²) < 4.78 is 19.4. The summed E-state index contributed by atoms with van der Waals surface area (Å²) in [6, 6.07) is 4.18. The summed E-state index contributed by atoms with van der Waals surface area (Å²) >= 11 is 1.45. The van der Waals surface area contributed by atoms with E-state index in [1.807, 2.05) is 11.4 Å². The highest BCUT2D eigenvalue weighted by molar-refractivity contribution is 7.17. The van der Waals surface area contributed by atoms with Crippen LogP contribution in [0, 0.1) is 5.82 Å². The number of ether oxygens (including phenoxy) is 1. The summed E-state index contributed by atoms with van der Waals surface area (Å²) in [6.45, 7) is 2.02. The van der Waals surface area contributed by atoms with Gasteiger partial charge < -0.3 is 10.5 Å².